The van der Waals surface area contributed by atoms with Crippen LogP contribution in [0.25, 0.3) is 11.3 Å². The molecule has 1 aromatic carbocycles. The van der Waals surface area contributed by atoms with Crippen molar-refractivity contribution in [3.63, 3.8) is 0 Å². The standard InChI is InChI=1S/C19H23N3O3/c1-24-13-8-9-14(15(10-13)25-2)17-18(16(21-22-17)11-6-7-11)20-19(23)12-4-3-5-12/h8-12H,3-7H2,1-2H3,(H,20,23)(H,21,22). The zero-order valence-electron chi connectivity index (χ0n) is 14.6. The SMILES string of the molecule is COc1ccc(-c2n[nH]c(C3CC3)c2NC(=O)C2CCC2)c(OC)c1. The number of H-pyrrole nitrogens is 1. The molecule has 1 amide bonds. The molecule has 2 fully saturated rings. The lowest BCUT2D eigenvalue weighted by atomic mass is 9.84. The maximum absolute atomic E-state index is 12.5. The Labute approximate surface area is 146 Å². The van der Waals surface area contributed by atoms with Crippen LogP contribution < -0.4 is 14.8 Å². The number of methoxy groups -OCH3 is 2. The van der Waals surface area contributed by atoms with E-state index in [-0.39, 0.29) is 11.8 Å². The number of nitrogens with one attached hydrogen (secondary N) is 2. The largest absolute Gasteiger partial charge is 0.497 e. The molecule has 0 aliphatic heterocycles. The Bertz CT molecular complexity index is 791. The van der Waals surface area contributed by atoms with Crippen molar-refractivity contribution in [3.8, 4) is 22.8 Å². The van der Waals surface area contributed by atoms with Crippen LogP contribution in [0, 0.1) is 5.92 Å². The van der Waals surface area contributed by atoms with E-state index >= 15 is 0 Å². The molecule has 1 aromatic heterocycles. The highest BCUT2D eigenvalue weighted by atomic mass is 16.5. The smallest absolute Gasteiger partial charge is 0.227 e. The molecule has 6 nitrogen and oxygen atoms in total. The summed E-state index contributed by atoms with van der Waals surface area (Å²) in [6.07, 6.45) is 5.35. The van der Waals surface area contributed by atoms with Gasteiger partial charge in [0.25, 0.3) is 0 Å². The van der Waals surface area contributed by atoms with Crippen LogP contribution >= 0.6 is 0 Å². The van der Waals surface area contributed by atoms with Gasteiger partial charge in [-0.15, -0.1) is 0 Å². The Hall–Kier alpha value is -2.50. The van der Waals surface area contributed by atoms with Gasteiger partial charge in [-0.2, -0.15) is 5.10 Å². The highest BCUT2D eigenvalue weighted by Gasteiger charge is 2.33. The van der Waals surface area contributed by atoms with E-state index in [2.05, 4.69) is 15.5 Å². The second kappa shape index (κ2) is 6.43. The quantitative estimate of drug-likeness (QED) is 0.840. The number of aromatic amines is 1. The maximum Gasteiger partial charge on any atom is 0.227 e. The third-order valence-corrected chi connectivity index (χ3v) is 5.17. The topological polar surface area (TPSA) is 76.2 Å². The van der Waals surface area contributed by atoms with Crippen molar-refractivity contribution >= 4 is 11.6 Å². The summed E-state index contributed by atoms with van der Waals surface area (Å²) in [5.41, 5.74) is 3.41. The van der Waals surface area contributed by atoms with E-state index < -0.39 is 0 Å². The molecule has 2 N–H and O–H groups in total. The Morgan fingerprint density at radius 2 is 2.00 bits per heavy atom. The first-order valence-corrected chi connectivity index (χ1v) is 8.82. The zero-order chi connectivity index (χ0) is 17.4. The minimum atomic E-state index is 0.100. The lowest BCUT2D eigenvalue weighted by Gasteiger charge is -2.24. The first-order chi connectivity index (χ1) is 12.2. The third-order valence-electron chi connectivity index (χ3n) is 5.17. The first-order valence-electron chi connectivity index (χ1n) is 8.82. The predicted molar refractivity (Wildman–Crippen MR) is 95.1 cm³/mol. The summed E-state index contributed by atoms with van der Waals surface area (Å²) >= 11 is 0. The number of hydrogen-bond donors (Lipinski definition) is 2. The third kappa shape index (κ3) is 2.97. The Morgan fingerprint density at radius 1 is 1.20 bits per heavy atom. The molecule has 0 radical (unpaired) electrons. The van der Waals surface area contributed by atoms with E-state index in [4.69, 9.17) is 9.47 Å². The lowest BCUT2D eigenvalue weighted by Crippen LogP contribution is -2.28. The molecule has 1 heterocycles. The monoisotopic (exact) mass is 341 g/mol. The minimum absolute atomic E-state index is 0.100. The molecule has 2 aromatic rings. The fourth-order valence-electron chi connectivity index (χ4n) is 3.23. The van der Waals surface area contributed by atoms with Crippen molar-refractivity contribution in [1.82, 2.24) is 10.2 Å². The van der Waals surface area contributed by atoms with Gasteiger partial charge < -0.3 is 14.8 Å². The molecule has 2 aliphatic rings. The molecule has 0 atom stereocenters. The number of hydrogen-bond acceptors (Lipinski definition) is 4. The van der Waals surface area contributed by atoms with Crippen LogP contribution in [0.15, 0.2) is 18.2 Å². The van der Waals surface area contributed by atoms with Gasteiger partial charge >= 0.3 is 0 Å². The van der Waals surface area contributed by atoms with Gasteiger partial charge in [0.05, 0.1) is 25.6 Å². The summed E-state index contributed by atoms with van der Waals surface area (Å²) in [6, 6.07) is 5.63. The number of ether oxygens (including phenoxy) is 2. The predicted octanol–water partition coefficient (Wildman–Crippen LogP) is 3.71. The molecule has 4 rings (SSSR count). The van der Waals surface area contributed by atoms with Crippen LogP contribution in [-0.4, -0.2) is 30.3 Å². The highest BCUT2D eigenvalue weighted by Crippen LogP contribution is 2.47. The molecule has 132 valence electrons. The molecular formula is C19H23N3O3. The zero-order valence-corrected chi connectivity index (χ0v) is 14.6. The summed E-state index contributed by atoms with van der Waals surface area (Å²) in [4.78, 5) is 12.5. The van der Waals surface area contributed by atoms with Gasteiger partial charge in [-0.05, 0) is 37.8 Å². The molecule has 0 spiro atoms. The van der Waals surface area contributed by atoms with Crippen LogP contribution in [0.4, 0.5) is 5.69 Å². The van der Waals surface area contributed by atoms with Crippen molar-refractivity contribution in [3.05, 3.63) is 23.9 Å². The number of carbonyl (C=O) groups is 1. The van der Waals surface area contributed by atoms with E-state index in [0.29, 0.717) is 11.7 Å². The highest BCUT2D eigenvalue weighted by molar-refractivity contribution is 5.98. The van der Waals surface area contributed by atoms with Gasteiger partial charge in [-0.1, -0.05) is 6.42 Å². The molecule has 0 saturated heterocycles. The average molecular weight is 341 g/mol. The second-order valence-corrected chi connectivity index (χ2v) is 6.82. The number of amides is 1. The minimum Gasteiger partial charge on any atom is -0.497 e. The van der Waals surface area contributed by atoms with E-state index in [1.807, 2.05) is 18.2 Å². The molecule has 6 heteroatoms. The van der Waals surface area contributed by atoms with Crippen molar-refractivity contribution in [2.45, 2.75) is 38.0 Å². The van der Waals surface area contributed by atoms with Crippen molar-refractivity contribution in [2.75, 3.05) is 19.5 Å². The lowest BCUT2D eigenvalue weighted by molar-refractivity contribution is -0.122. The maximum atomic E-state index is 12.5. The fourth-order valence-corrected chi connectivity index (χ4v) is 3.23. The summed E-state index contributed by atoms with van der Waals surface area (Å²) in [5, 5.41) is 10.8. The van der Waals surface area contributed by atoms with Gasteiger partial charge in [0, 0.05) is 23.5 Å². The van der Waals surface area contributed by atoms with Crippen molar-refractivity contribution < 1.29 is 14.3 Å². The van der Waals surface area contributed by atoms with Crippen molar-refractivity contribution in [2.24, 2.45) is 5.92 Å². The van der Waals surface area contributed by atoms with Crippen molar-refractivity contribution in [1.29, 1.82) is 0 Å². The average Bonchev–Trinajstić information content (AvgIpc) is 3.34. The van der Waals surface area contributed by atoms with E-state index in [9.17, 15) is 4.79 Å². The van der Waals surface area contributed by atoms with Crippen LogP contribution in [0.2, 0.25) is 0 Å². The number of aromatic nitrogens is 2. The van der Waals surface area contributed by atoms with Gasteiger partial charge in [0.15, 0.2) is 0 Å². The molecule has 0 unspecified atom stereocenters. The Morgan fingerprint density at radius 3 is 2.60 bits per heavy atom. The molecular weight excluding hydrogens is 318 g/mol. The number of benzene rings is 1. The number of carbonyl (C=O) groups excluding carboxylic acids is 1. The van der Waals surface area contributed by atoms with Crippen LogP contribution in [-0.2, 0) is 4.79 Å². The molecule has 2 aliphatic carbocycles. The fraction of sp³-hybridized carbons (Fsp3) is 0.474. The van der Waals surface area contributed by atoms with Gasteiger partial charge in [0.1, 0.15) is 17.2 Å². The van der Waals surface area contributed by atoms with E-state index in [0.717, 1.165) is 60.5 Å². The summed E-state index contributed by atoms with van der Waals surface area (Å²) < 4.78 is 10.8. The van der Waals surface area contributed by atoms with Crippen LogP contribution in [0.1, 0.15) is 43.7 Å². The number of nitrogens with zero attached hydrogens (tertiary/aromatic N) is 1. The normalized spacial score (nSPS) is 17.0. The summed E-state index contributed by atoms with van der Waals surface area (Å²) in [7, 11) is 3.25. The molecule has 25 heavy (non-hydrogen) atoms. The van der Waals surface area contributed by atoms with Crippen LogP contribution in [0.5, 0.6) is 11.5 Å². The van der Waals surface area contributed by atoms with Gasteiger partial charge in [-0.25, -0.2) is 0 Å². The number of anilines is 1. The number of rotatable bonds is 6. The van der Waals surface area contributed by atoms with Crippen LogP contribution in [0.3, 0.4) is 0 Å². The molecule has 2 saturated carbocycles. The van der Waals surface area contributed by atoms with Gasteiger partial charge in [-0.3, -0.25) is 9.89 Å². The molecule has 0 bridgehead atoms. The van der Waals surface area contributed by atoms with E-state index in [1.54, 1.807) is 14.2 Å². The van der Waals surface area contributed by atoms with E-state index in [1.165, 1.54) is 0 Å². The summed E-state index contributed by atoms with van der Waals surface area (Å²) in [5.74, 6) is 2.09. The first kappa shape index (κ1) is 16.0. The Balaban J connectivity index is 1.73. The summed E-state index contributed by atoms with van der Waals surface area (Å²) in [6.45, 7) is 0. The van der Waals surface area contributed by atoms with Gasteiger partial charge in [0.2, 0.25) is 5.91 Å². The second-order valence-electron chi connectivity index (χ2n) is 6.82. The Kier molecular flexibility index (Phi) is 4.11.